The molecule has 1 amide bonds. The van der Waals surface area contributed by atoms with Crippen LogP contribution in [0.5, 0.6) is 0 Å². The average Bonchev–Trinajstić information content (AvgIpc) is 3.08. The highest BCUT2D eigenvalue weighted by Crippen LogP contribution is 2.11. The van der Waals surface area contributed by atoms with Crippen LogP contribution in [0, 0.1) is 0 Å². The van der Waals surface area contributed by atoms with Gasteiger partial charge >= 0.3 is 0 Å². The molecule has 0 fully saturated rings. The van der Waals surface area contributed by atoms with Gasteiger partial charge in [0.25, 0.3) is 5.91 Å². The zero-order valence-electron chi connectivity index (χ0n) is 11.7. The maximum Gasteiger partial charge on any atom is 0.251 e. The number of aromatic nitrogens is 2. The van der Waals surface area contributed by atoms with Gasteiger partial charge in [-0.05, 0) is 42.0 Å². The molecule has 4 nitrogen and oxygen atoms in total. The zero-order chi connectivity index (χ0) is 15.4. The van der Waals surface area contributed by atoms with Gasteiger partial charge in [-0.1, -0.05) is 23.7 Å². The lowest BCUT2D eigenvalue weighted by atomic mass is 10.2. The molecule has 0 saturated carbocycles. The Morgan fingerprint density at radius 2 is 1.82 bits per heavy atom. The maximum atomic E-state index is 12.0. The van der Waals surface area contributed by atoms with Gasteiger partial charge in [0.15, 0.2) is 0 Å². The highest BCUT2D eigenvalue weighted by molar-refractivity contribution is 6.30. The van der Waals surface area contributed by atoms with Gasteiger partial charge in [0.2, 0.25) is 0 Å². The molecule has 5 heteroatoms. The Morgan fingerprint density at radius 1 is 1.09 bits per heavy atom. The van der Waals surface area contributed by atoms with E-state index in [1.54, 1.807) is 36.8 Å². The quantitative estimate of drug-likeness (QED) is 0.802. The number of halogens is 1. The monoisotopic (exact) mass is 311 g/mol. The van der Waals surface area contributed by atoms with Crippen LogP contribution < -0.4 is 5.32 Å². The van der Waals surface area contributed by atoms with Crippen molar-refractivity contribution in [3.05, 3.63) is 83.4 Å². The molecule has 0 spiro atoms. The number of nitrogens with one attached hydrogen (secondary N) is 1. The number of carbonyl (C=O) groups is 1. The smallest absolute Gasteiger partial charge is 0.251 e. The molecule has 3 aromatic rings. The molecule has 22 heavy (non-hydrogen) atoms. The molecule has 1 N–H and O–H groups in total. The summed E-state index contributed by atoms with van der Waals surface area (Å²) in [5.74, 6) is -0.115. The molecular weight excluding hydrogens is 298 g/mol. The topological polar surface area (TPSA) is 46.9 Å². The molecule has 3 rings (SSSR count). The lowest BCUT2D eigenvalue weighted by molar-refractivity contribution is 0.0951. The molecule has 0 saturated heterocycles. The minimum Gasteiger partial charge on any atom is -0.348 e. The predicted octanol–water partition coefficient (Wildman–Crippen LogP) is 3.46. The Balaban J connectivity index is 1.61. The Bertz CT molecular complexity index is 750. The second-order valence-corrected chi connectivity index (χ2v) is 5.26. The van der Waals surface area contributed by atoms with Crippen LogP contribution in [-0.2, 0) is 6.54 Å². The van der Waals surface area contributed by atoms with Crippen molar-refractivity contribution in [3.63, 3.8) is 0 Å². The van der Waals surface area contributed by atoms with E-state index in [1.807, 2.05) is 35.0 Å². The van der Waals surface area contributed by atoms with E-state index in [4.69, 9.17) is 11.6 Å². The first kappa shape index (κ1) is 14.4. The van der Waals surface area contributed by atoms with Gasteiger partial charge in [-0.2, -0.15) is 0 Å². The van der Waals surface area contributed by atoms with Gasteiger partial charge in [-0.25, -0.2) is 4.98 Å². The second-order valence-electron chi connectivity index (χ2n) is 4.83. The van der Waals surface area contributed by atoms with Gasteiger partial charge in [-0.3, -0.25) is 4.79 Å². The Kier molecular flexibility index (Phi) is 4.21. The Morgan fingerprint density at radius 3 is 2.45 bits per heavy atom. The Hall–Kier alpha value is -2.59. The lowest BCUT2D eigenvalue weighted by Crippen LogP contribution is -2.22. The highest BCUT2D eigenvalue weighted by atomic mass is 35.5. The maximum absolute atomic E-state index is 12.0. The van der Waals surface area contributed by atoms with Crippen molar-refractivity contribution in [2.45, 2.75) is 6.54 Å². The summed E-state index contributed by atoms with van der Waals surface area (Å²) >= 11 is 5.81. The van der Waals surface area contributed by atoms with Crippen LogP contribution in [0.15, 0.2) is 67.3 Å². The van der Waals surface area contributed by atoms with Gasteiger partial charge < -0.3 is 9.88 Å². The third-order valence-electron chi connectivity index (χ3n) is 3.30. The first-order valence-corrected chi connectivity index (χ1v) is 7.21. The summed E-state index contributed by atoms with van der Waals surface area (Å²) in [5.41, 5.74) is 2.66. The third kappa shape index (κ3) is 3.35. The van der Waals surface area contributed by atoms with Crippen LogP contribution in [0.25, 0.3) is 5.69 Å². The predicted molar refractivity (Wildman–Crippen MR) is 86.2 cm³/mol. The van der Waals surface area contributed by atoms with Crippen molar-refractivity contribution in [1.82, 2.24) is 14.9 Å². The number of hydrogen-bond acceptors (Lipinski definition) is 2. The molecule has 1 heterocycles. The normalized spacial score (nSPS) is 10.4. The van der Waals surface area contributed by atoms with E-state index in [-0.39, 0.29) is 5.91 Å². The molecule has 0 aliphatic carbocycles. The zero-order valence-corrected chi connectivity index (χ0v) is 12.5. The van der Waals surface area contributed by atoms with Gasteiger partial charge in [0.05, 0.1) is 6.33 Å². The number of nitrogens with zero attached hydrogens (tertiary/aromatic N) is 2. The Labute approximate surface area is 133 Å². The molecule has 0 bridgehead atoms. The number of rotatable bonds is 4. The fourth-order valence-electron chi connectivity index (χ4n) is 2.08. The largest absolute Gasteiger partial charge is 0.348 e. The number of carbonyl (C=O) groups excluding carboxylic acids is 1. The van der Waals surface area contributed by atoms with E-state index in [2.05, 4.69) is 10.3 Å². The minimum atomic E-state index is -0.115. The van der Waals surface area contributed by atoms with E-state index in [9.17, 15) is 4.79 Å². The molecule has 0 radical (unpaired) electrons. The van der Waals surface area contributed by atoms with Gasteiger partial charge in [0.1, 0.15) is 0 Å². The summed E-state index contributed by atoms with van der Waals surface area (Å²) < 4.78 is 1.93. The molecule has 110 valence electrons. The summed E-state index contributed by atoms with van der Waals surface area (Å²) in [5, 5.41) is 3.51. The molecule has 2 aromatic carbocycles. The first-order valence-electron chi connectivity index (χ1n) is 6.83. The average molecular weight is 312 g/mol. The second kappa shape index (κ2) is 6.45. The number of amides is 1. The minimum absolute atomic E-state index is 0.115. The standard InChI is InChI=1S/C17H14ClN3O/c18-15-5-3-14(4-6-15)17(22)20-11-13-1-7-16(8-2-13)21-10-9-19-12-21/h1-10,12H,11H2,(H,20,22). The van der Waals surface area contributed by atoms with Crippen molar-refractivity contribution in [2.75, 3.05) is 0 Å². The van der Waals surface area contributed by atoms with Gasteiger partial charge in [0, 0.05) is 35.2 Å². The van der Waals surface area contributed by atoms with Crippen molar-refractivity contribution in [2.24, 2.45) is 0 Å². The molecule has 0 aliphatic rings. The van der Waals surface area contributed by atoms with Crippen LogP contribution >= 0.6 is 11.6 Å². The third-order valence-corrected chi connectivity index (χ3v) is 3.55. The van der Waals surface area contributed by atoms with Crippen molar-refractivity contribution in [3.8, 4) is 5.69 Å². The molecular formula is C17H14ClN3O. The molecule has 1 aromatic heterocycles. The van der Waals surface area contributed by atoms with Crippen molar-refractivity contribution < 1.29 is 4.79 Å². The van der Waals surface area contributed by atoms with Crippen LogP contribution in [0.2, 0.25) is 5.02 Å². The fourth-order valence-corrected chi connectivity index (χ4v) is 2.21. The molecule has 0 unspecified atom stereocenters. The van der Waals surface area contributed by atoms with E-state index in [1.165, 1.54) is 0 Å². The van der Waals surface area contributed by atoms with Crippen LogP contribution in [-0.4, -0.2) is 15.5 Å². The summed E-state index contributed by atoms with van der Waals surface area (Å²) in [7, 11) is 0. The first-order chi connectivity index (χ1) is 10.7. The molecule has 0 aliphatic heterocycles. The van der Waals surface area contributed by atoms with E-state index in [0.29, 0.717) is 17.1 Å². The van der Waals surface area contributed by atoms with Crippen LogP contribution in [0.1, 0.15) is 15.9 Å². The van der Waals surface area contributed by atoms with Crippen LogP contribution in [0.3, 0.4) is 0 Å². The van der Waals surface area contributed by atoms with Crippen molar-refractivity contribution in [1.29, 1.82) is 0 Å². The SMILES string of the molecule is O=C(NCc1ccc(-n2ccnc2)cc1)c1ccc(Cl)cc1. The summed E-state index contributed by atoms with van der Waals surface area (Å²) in [6, 6.07) is 14.8. The highest BCUT2D eigenvalue weighted by Gasteiger charge is 2.05. The summed E-state index contributed by atoms with van der Waals surface area (Å²) in [6.45, 7) is 0.478. The van der Waals surface area contributed by atoms with E-state index < -0.39 is 0 Å². The number of imidazole rings is 1. The lowest BCUT2D eigenvalue weighted by Gasteiger charge is -2.07. The molecule has 0 atom stereocenters. The number of benzene rings is 2. The van der Waals surface area contributed by atoms with Gasteiger partial charge in [-0.15, -0.1) is 0 Å². The number of hydrogen-bond donors (Lipinski definition) is 1. The summed E-state index contributed by atoms with van der Waals surface area (Å²) in [6.07, 6.45) is 5.37. The van der Waals surface area contributed by atoms with E-state index in [0.717, 1.165) is 11.3 Å². The fraction of sp³-hybridized carbons (Fsp3) is 0.0588. The van der Waals surface area contributed by atoms with E-state index >= 15 is 0 Å². The summed E-state index contributed by atoms with van der Waals surface area (Å²) in [4.78, 5) is 16.0. The van der Waals surface area contributed by atoms with Crippen molar-refractivity contribution >= 4 is 17.5 Å². The van der Waals surface area contributed by atoms with Crippen LogP contribution in [0.4, 0.5) is 0 Å².